The summed E-state index contributed by atoms with van der Waals surface area (Å²) in [4.78, 5) is 34.5. The molecule has 0 aliphatic heterocycles. The van der Waals surface area contributed by atoms with Gasteiger partial charge in [0.05, 0.1) is 11.7 Å². The van der Waals surface area contributed by atoms with Crippen LogP contribution in [0.1, 0.15) is 5.56 Å². The number of hydrogen-bond acceptors (Lipinski definition) is 4. The van der Waals surface area contributed by atoms with Gasteiger partial charge in [-0.1, -0.05) is 22.0 Å². The summed E-state index contributed by atoms with van der Waals surface area (Å²) in [6.45, 7) is 0. The summed E-state index contributed by atoms with van der Waals surface area (Å²) >= 11 is 3.39. The summed E-state index contributed by atoms with van der Waals surface area (Å²) < 4.78 is 1.65. The molecule has 2 N–H and O–H groups in total. The molecule has 0 amide bonds. The molecule has 3 aromatic heterocycles. The van der Waals surface area contributed by atoms with Crippen LogP contribution in [0.5, 0.6) is 0 Å². The maximum Gasteiger partial charge on any atom is 0.350 e. The van der Waals surface area contributed by atoms with Crippen LogP contribution in [0.15, 0.2) is 61.9 Å². The fourth-order valence-corrected chi connectivity index (χ4v) is 2.86. The van der Waals surface area contributed by atoms with Gasteiger partial charge in [-0.25, -0.2) is 4.79 Å². The third-order valence-corrected chi connectivity index (χ3v) is 4.09. The second kappa shape index (κ2) is 5.57. The van der Waals surface area contributed by atoms with E-state index < -0.39 is 11.2 Å². The maximum absolute atomic E-state index is 12.6. The molecule has 4 rings (SSSR count). The number of halogens is 1. The van der Waals surface area contributed by atoms with Gasteiger partial charge in [-0.3, -0.25) is 9.78 Å². The first-order valence-electron chi connectivity index (χ1n) is 7.04. The third-order valence-electron chi connectivity index (χ3n) is 3.60. The van der Waals surface area contributed by atoms with Crippen molar-refractivity contribution in [1.82, 2.24) is 19.6 Å². The first-order chi connectivity index (χ1) is 11.6. The lowest BCUT2D eigenvalue weighted by Gasteiger charge is -1.98. The van der Waals surface area contributed by atoms with E-state index in [1.165, 1.54) is 6.21 Å². The molecule has 0 radical (unpaired) electrons. The number of aromatic amines is 2. The number of nitrogens with zero attached hydrogens (tertiary/aromatic N) is 3. The van der Waals surface area contributed by atoms with Gasteiger partial charge >= 0.3 is 11.2 Å². The van der Waals surface area contributed by atoms with E-state index in [1.54, 1.807) is 24.5 Å². The predicted octanol–water partition coefficient (Wildman–Crippen LogP) is 2.21. The Hall–Kier alpha value is -3.00. The molecule has 3 heterocycles. The molecule has 0 saturated heterocycles. The largest absolute Gasteiger partial charge is 0.350 e. The lowest BCUT2D eigenvalue weighted by atomic mass is 10.2. The van der Waals surface area contributed by atoms with Crippen molar-refractivity contribution >= 4 is 44.1 Å². The molecular weight excluding hydrogens is 374 g/mol. The summed E-state index contributed by atoms with van der Waals surface area (Å²) in [6.07, 6.45) is 4.63. The van der Waals surface area contributed by atoms with Crippen LogP contribution in [0.3, 0.4) is 0 Å². The van der Waals surface area contributed by atoms with Crippen LogP contribution < -0.4 is 11.2 Å². The van der Waals surface area contributed by atoms with Gasteiger partial charge in [0.15, 0.2) is 0 Å². The van der Waals surface area contributed by atoms with E-state index in [0.717, 1.165) is 20.1 Å². The van der Waals surface area contributed by atoms with Gasteiger partial charge in [0.2, 0.25) is 0 Å². The van der Waals surface area contributed by atoms with Gasteiger partial charge in [0.25, 0.3) is 0 Å². The quantitative estimate of drug-likeness (QED) is 0.519. The van der Waals surface area contributed by atoms with Crippen molar-refractivity contribution in [1.29, 1.82) is 0 Å². The highest BCUT2D eigenvalue weighted by Gasteiger charge is 2.12. The fourth-order valence-electron chi connectivity index (χ4n) is 2.49. The van der Waals surface area contributed by atoms with E-state index >= 15 is 0 Å². The molecule has 1 aromatic carbocycles. The lowest BCUT2D eigenvalue weighted by Crippen LogP contribution is -2.32. The van der Waals surface area contributed by atoms with E-state index in [-0.39, 0.29) is 0 Å². The molecule has 0 fully saturated rings. The van der Waals surface area contributed by atoms with E-state index in [9.17, 15) is 9.59 Å². The van der Waals surface area contributed by atoms with E-state index in [4.69, 9.17) is 0 Å². The highest BCUT2D eigenvalue weighted by Crippen LogP contribution is 2.24. The monoisotopic (exact) mass is 383 g/mol. The summed E-state index contributed by atoms with van der Waals surface area (Å²) in [6, 6.07) is 9.05. The van der Waals surface area contributed by atoms with Gasteiger partial charge in [0.1, 0.15) is 5.52 Å². The van der Waals surface area contributed by atoms with E-state index in [2.05, 4.69) is 36.0 Å². The summed E-state index contributed by atoms with van der Waals surface area (Å²) in [5, 5.41) is 4.74. The molecule has 0 unspecified atom stereocenters. The van der Waals surface area contributed by atoms with Crippen molar-refractivity contribution in [3.63, 3.8) is 0 Å². The second-order valence-corrected chi connectivity index (χ2v) is 6.06. The smallest absolute Gasteiger partial charge is 0.349 e. The van der Waals surface area contributed by atoms with Crippen LogP contribution in [0.4, 0.5) is 0 Å². The average molecular weight is 384 g/mol. The Morgan fingerprint density at radius 1 is 1.17 bits per heavy atom. The van der Waals surface area contributed by atoms with Crippen molar-refractivity contribution in [3.05, 3.63) is 73.6 Å². The Balaban J connectivity index is 1.95. The third kappa shape index (κ3) is 2.37. The van der Waals surface area contributed by atoms with E-state index in [0.29, 0.717) is 16.6 Å². The van der Waals surface area contributed by atoms with Gasteiger partial charge < -0.3 is 9.97 Å². The molecule has 0 aliphatic carbocycles. The van der Waals surface area contributed by atoms with Gasteiger partial charge in [0, 0.05) is 33.3 Å². The number of aromatic nitrogens is 4. The summed E-state index contributed by atoms with van der Waals surface area (Å²) in [5.74, 6) is 0. The van der Waals surface area contributed by atoms with Gasteiger partial charge in [-0.15, -0.1) is 4.68 Å². The molecule has 0 aliphatic rings. The van der Waals surface area contributed by atoms with E-state index in [1.807, 2.05) is 18.2 Å². The summed E-state index contributed by atoms with van der Waals surface area (Å²) in [5.41, 5.74) is 1.09. The minimum atomic E-state index is -0.603. The Morgan fingerprint density at radius 3 is 2.83 bits per heavy atom. The first kappa shape index (κ1) is 14.6. The van der Waals surface area contributed by atoms with Crippen molar-refractivity contribution in [3.8, 4) is 0 Å². The lowest BCUT2D eigenvalue weighted by molar-refractivity contribution is 0.770. The van der Waals surface area contributed by atoms with Crippen molar-refractivity contribution in [2.45, 2.75) is 0 Å². The van der Waals surface area contributed by atoms with Crippen LogP contribution >= 0.6 is 15.9 Å². The topological polar surface area (TPSA) is 95.9 Å². The van der Waals surface area contributed by atoms with Crippen molar-refractivity contribution in [2.75, 3.05) is 0 Å². The van der Waals surface area contributed by atoms with Crippen LogP contribution in [0, 0.1) is 0 Å². The molecule has 0 bridgehead atoms. The van der Waals surface area contributed by atoms with Gasteiger partial charge in [-0.05, 0) is 24.3 Å². The molecule has 8 heteroatoms. The average Bonchev–Trinajstić information content (AvgIpc) is 2.94. The summed E-state index contributed by atoms with van der Waals surface area (Å²) in [7, 11) is 0. The van der Waals surface area contributed by atoms with Crippen LogP contribution in [0.25, 0.3) is 21.9 Å². The predicted molar refractivity (Wildman–Crippen MR) is 95.6 cm³/mol. The number of benzene rings is 1. The number of rotatable bonds is 2. The van der Waals surface area contributed by atoms with Crippen LogP contribution in [0.2, 0.25) is 0 Å². The number of pyridine rings is 1. The minimum Gasteiger partial charge on any atom is -0.349 e. The molecule has 118 valence electrons. The SMILES string of the molecule is O=c1[nH]c2c([nH]c3ccc(Br)cc32)c(=O)n1/N=C/c1cccnc1. The highest BCUT2D eigenvalue weighted by molar-refractivity contribution is 9.10. The molecular formula is C16H10BrN5O2. The number of H-pyrrole nitrogens is 2. The Bertz CT molecular complexity index is 1200. The number of fused-ring (bicyclic) bond motifs is 3. The number of hydrogen-bond donors (Lipinski definition) is 2. The Labute approximate surface area is 142 Å². The zero-order valence-electron chi connectivity index (χ0n) is 12.2. The van der Waals surface area contributed by atoms with Crippen molar-refractivity contribution in [2.24, 2.45) is 5.10 Å². The standard InChI is InChI=1S/C16H10BrN5O2/c17-10-3-4-12-11(6-10)13-14(20-12)15(23)22(16(24)21-13)19-8-9-2-1-5-18-7-9/h1-8,20H,(H,21,24)/b19-8+. The molecule has 4 aromatic rings. The Morgan fingerprint density at radius 2 is 2.04 bits per heavy atom. The first-order valence-corrected chi connectivity index (χ1v) is 7.83. The van der Waals surface area contributed by atoms with Gasteiger partial charge in [-0.2, -0.15) is 5.10 Å². The van der Waals surface area contributed by atoms with Crippen molar-refractivity contribution < 1.29 is 0 Å². The normalized spacial score (nSPS) is 11.7. The highest BCUT2D eigenvalue weighted by atomic mass is 79.9. The number of nitrogens with one attached hydrogen (secondary N) is 2. The van der Waals surface area contributed by atoms with Crippen LogP contribution in [-0.2, 0) is 0 Å². The second-order valence-electron chi connectivity index (χ2n) is 5.14. The van der Waals surface area contributed by atoms with Crippen LogP contribution in [-0.4, -0.2) is 25.8 Å². The molecule has 0 spiro atoms. The zero-order chi connectivity index (χ0) is 16.7. The maximum atomic E-state index is 12.6. The molecule has 7 nitrogen and oxygen atoms in total. The zero-order valence-corrected chi connectivity index (χ0v) is 13.7. The molecule has 24 heavy (non-hydrogen) atoms. The Kier molecular flexibility index (Phi) is 3.39. The fraction of sp³-hybridized carbons (Fsp3) is 0. The molecule has 0 atom stereocenters. The molecule has 0 saturated carbocycles. The minimum absolute atomic E-state index is 0.297.